The van der Waals surface area contributed by atoms with Gasteiger partial charge in [0, 0.05) is 24.0 Å². The van der Waals surface area contributed by atoms with Gasteiger partial charge in [0.15, 0.2) is 11.5 Å². The number of amides is 3. The fourth-order valence-electron chi connectivity index (χ4n) is 2.50. The van der Waals surface area contributed by atoms with Crippen LogP contribution in [0.15, 0.2) is 42.6 Å². The Kier molecular flexibility index (Phi) is 5.12. The van der Waals surface area contributed by atoms with E-state index in [2.05, 4.69) is 26.1 Å². The van der Waals surface area contributed by atoms with Crippen molar-refractivity contribution in [3.63, 3.8) is 0 Å². The fourth-order valence-corrected chi connectivity index (χ4v) is 2.50. The molecular weight excluding hydrogens is 332 g/mol. The smallest absolute Gasteiger partial charge is 0.319 e. The molecule has 0 atom stereocenters. The predicted molar refractivity (Wildman–Crippen MR) is 98.0 cm³/mol. The molecule has 0 radical (unpaired) electrons. The minimum Gasteiger partial charge on any atom is -0.352 e. The molecule has 3 amide bonds. The molecule has 134 valence electrons. The standard InChI is InChI=1S/C18H20N6O2/c1-3-19-17(25)13-8-7-12(2)14(10-13)21-18(26)20-11-16-23-22-15-6-4-5-9-24(15)16/h4-10H,3,11H2,1-2H3,(H,19,25)(H2,20,21,26). The van der Waals surface area contributed by atoms with Gasteiger partial charge in [0.05, 0.1) is 6.54 Å². The number of aryl methyl sites for hydroxylation is 1. The molecule has 26 heavy (non-hydrogen) atoms. The fraction of sp³-hybridized carbons (Fsp3) is 0.222. The molecule has 1 aromatic carbocycles. The van der Waals surface area contributed by atoms with Crippen LogP contribution < -0.4 is 16.0 Å². The molecule has 3 aromatic rings. The van der Waals surface area contributed by atoms with E-state index in [-0.39, 0.29) is 18.5 Å². The van der Waals surface area contributed by atoms with E-state index in [1.807, 2.05) is 38.2 Å². The first kappa shape index (κ1) is 17.4. The molecular formula is C18H20N6O2. The Labute approximate surface area is 150 Å². The number of hydrogen-bond acceptors (Lipinski definition) is 4. The van der Waals surface area contributed by atoms with Gasteiger partial charge in [-0.3, -0.25) is 9.20 Å². The van der Waals surface area contributed by atoms with Crippen LogP contribution in [0.1, 0.15) is 28.7 Å². The van der Waals surface area contributed by atoms with E-state index in [1.54, 1.807) is 22.6 Å². The lowest BCUT2D eigenvalue weighted by atomic mass is 10.1. The predicted octanol–water partition coefficient (Wildman–Crippen LogP) is 2.11. The van der Waals surface area contributed by atoms with E-state index < -0.39 is 0 Å². The van der Waals surface area contributed by atoms with Gasteiger partial charge in [-0.1, -0.05) is 12.1 Å². The SMILES string of the molecule is CCNC(=O)c1ccc(C)c(NC(=O)NCc2nnc3ccccn23)c1. The summed E-state index contributed by atoms with van der Waals surface area (Å²) in [7, 11) is 0. The normalized spacial score (nSPS) is 10.5. The molecule has 0 fully saturated rings. The second-order valence-electron chi connectivity index (χ2n) is 5.74. The summed E-state index contributed by atoms with van der Waals surface area (Å²) >= 11 is 0. The Balaban J connectivity index is 1.66. The molecule has 0 aliphatic rings. The van der Waals surface area contributed by atoms with Gasteiger partial charge >= 0.3 is 6.03 Å². The summed E-state index contributed by atoms with van der Waals surface area (Å²) in [6, 6.07) is 10.4. The number of carbonyl (C=O) groups excluding carboxylic acids is 2. The van der Waals surface area contributed by atoms with Gasteiger partial charge in [0.1, 0.15) is 0 Å². The molecule has 0 aliphatic heterocycles. The lowest BCUT2D eigenvalue weighted by Gasteiger charge is -2.11. The van der Waals surface area contributed by atoms with Crippen molar-refractivity contribution < 1.29 is 9.59 Å². The molecule has 0 bridgehead atoms. The maximum atomic E-state index is 12.2. The van der Waals surface area contributed by atoms with Gasteiger partial charge in [-0.2, -0.15) is 0 Å². The largest absolute Gasteiger partial charge is 0.352 e. The van der Waals surface area contributed by atoms with Crippen molar-refractivity contribution in [2.45, 2.75) is 20.4 Å². The van der Waals surface area contributed by atoms with Crippen LogP contribution in [0.25, 0.3) is 5.65 Å². The number of rotatable bonds is 5. The van der Waals surface area contributed by atoms with Crippen LogP contribution in [0.2, 0.25) is 0 Å². The number of pyridine rings is 1. The average molecular weight is 352 g/mol. The van der Waals surface area contributed by atoms with E-state index in [1.165, 1.54) is 0 Å². The van der Waals surface area contributed by atoms with E-state index >= 15 is 0 Å². The molecule has 3 rings (SSSR count). The second kappa shape index (κ2) is 7.64. The first-order chi connectivity index (χ1) is 12.6. The Morgan fingerprint density at radius 2 is 1.96 bits per heavy atom. The number of urea groups is 1. The molecule has 0 saturated carbocycles. The maximum absolute atomic E-state index is 12.2. The third-order valence-corrected chi connectivity index (χ3v) is 3.88. The van der Waals surface area contributed by atoms with Crippen molar-refractivity contribution in [2.75, 3.05) is 11.9 Å². The van der Waals surface area contributed by atoms with Crippen LogP contribution in [0, 0.1) is 6.92 Å². The number of hydrogen-bond donors (Lipinski definition) is 3. The third kappa shape index (κ3) is 3.80. The first-order valence-corrected chi connectivity index (χ1v) is 8.31. The third-order valence-electron chi connectivity index (χ3n) is 3.88. The van der Waals surface area contributed by atoms with Crippen LogP contribution in [-0.2, 0) is 6.54 Å². The van der Waals surface area contributed by atoms with Crippen LogP contribution in [0.4, 0.5) is 10.5 Å². The highest BCUT2D eigenvalue weighted by molar-refractivity contribution is 5.97. The molecule has 8 nitrogen and oxygen atoms in total. The molecule has 0 aliphatic carbocycles. The van der Waals surface area contributed by atoms with E-state index in [4.69, 9.17) is 0 Å². The summed E-state index contributed by atoms with van der Waals surface area (Å²) in [5.74, 6) is 0.453. The summed E-state index contributed by atoms with van der Waals surface area (Å²) in [6.07, 6.45) is 1.84. The van der Waals surface area contributed by atoms with Crippen LogP contribution in [-0.4, -0.2) is 33.1 Å². The number of fused-ring (bicyclic) bond motifs is 1. The van der Waals surface area contributed by atoms with Crippen molar-refractivity contribution in [1.29, 1.82) is 0 Å². The van der Waals surface area contributed by atoms with Crippen molar-refractivity contribution in [3.8, 4) is 0 Å². The van der Waals surface area contributed by atoms with Crippen LogP contribution >= 0.6 is 0 Å². The monoisotopic (exact) mass is 352 g/mol. The highest BCUT2D eigenvalue weighted by atomic mass is 16.2. The van der Waals surface area contributed by atoms with Crippen molar-refractivity contribution >= 4 is 23.3 Å². The minimum absolute atomic E-state index is 0.175. The molecule has 2 heterocycles. The highest BCUT2D eigenvalue weighted by Gasteiger charge is 2.11. The zero-order chi connectivity index (χ0) is 18.5. The topological polar surface area (TPSA) is 100 Å². The zero-order valence-corrected chi connectivity index (χ0v) is 14.6. The van der Waals surface area contributed by atoms with Gasteiger partial charge in [0.25, 0.3) is 5.91 Å². The summed E-state index contributed by atoms with van der Waals surface area (Å²) in [4.78, 5) is 24.2. The number of carbonyl (C=O) groups is 2. The highest BCUT2D eigenvalue weighted by Crippen LogP contribution is 2.17. The Bertz CT molecular complexity index is 950. The Morgan fingerprint density at radius 1 is 1.12 bits per heavy atom. The molecule has 0 saturated heterocycles. The number of benzene rings is 1. The van der Waals surface area contributed by atoms with Gasteiger partial charge in [-0.05, 0) is 43.7 Å². The minimum atomic E-state index is -0.381. The average Bonchev–Trinajstić information content (AvgIpc) is 3.05. The summed E-state index contributed by atoms with van der Waals surface area (Å²) < 4.78 is 1.81. The molecule has 3 N–H and O–H groups in total. The quantitative estimate of drug-likeness (QED) is 0.655. The van der Waals surface area contributed by atoms with Gasteiger partial charge in [-0.25, -0.2) is 4.79 Å². The van der Waals surface area contributed by atoms with Gasteiger partial charge in [0.2, 0.25) is 0 Å². The number of anilines is 1. The van der Waals surface area contributed by atoms with Crippen molar-refractivity contribution in [3.05, 3.63) is 59.5 Å². The van der Waals surface area contributed by atoms with E-state index in [0.29, 0.717) is 23.6 Å². The molecule has 0 unspecified atom stereocenters. The second-order valence-corrected chi connectivity index (χ2v) is 5.74. The van der Waals surface area contributed by atoms with Gasteiger partial charge in [-0.15, -0.1) is 10.2 Å². The van der Waals surface area contributed by atoms with Crippen molar-refractivity contribution in [2.24, 2.45) is 0 Å². The summed E-state index contributed by atoms with van der Waals surface area (Å²) in [6.45, 7) is 4.49. The van der Waals surface area contributed by atoms with Crippen molar-refractivity contribution in [1.82, 2.24) is 25.2 Å². The van der Waals surface area contributed by atoms with E-state index in [9.17, 15) is 9.59 Å². The number of aromatic nitrogens is 3. The summed E-state index contributed by atoms with van der Waals surface area (Å²) in [5, 5.41) is 16.4. The summed E-state index contributed by atoms with van der Waals surface area (Å²) in [5.41, 5.74) is 2.66. The first-order valence-electron chi connectivity index (χ1n) is 8.31. The number of nitrogens with zero attached hydrogens (tertiary/aromatic N) is 3. The molecule has 8 heteroatoms. The van der Waals surface area contributed by atoms with Crippen LogP contribution in [0.3, 0.4) is 0 Å². The van der Waals surface area contributed by atoms with E-state index in [0.717, 1.165) is 11.2 Å². The van der Waals surface area contributed by atoms with Crippen LogP contribution in [0.5, 0.6) is 0 Å². The van der Waals surface area contributed by atoms with Gasteiger partial charge < -0.3 is 16.0 Å². The lowest BCUT2D eigenvalue weighted by Crippen LogP contribution is -2.29. The zero-order valence-electron chi connectivity index (χ0n) is 14.6. The number of nitrogens with one attached hydrogen (secondary N) is 3. The molecule has 0 spiro atoms. The Hall–Kier alpha value is -3.42. The lowest BCUT2D eigenvalue weighted by molar-refractivity contribution is 0.0956. The molecule has 2 aromatic heterocycles. The Morgan fingerprint density at radius 3 is 2.77 bits per heavy atom. The maximum Gasteiger partial charge on any atom is 0.319 e.